The minimum absolute atomic E-state index is 0.0258. The van der Waals surface area contributed by atoms with Crippen LogP contribution < -0.4 is 5.73 Å². The molecule has 2 atom stereocenters. The van der Waals surface area contributed by atoms with E-state index in [-0.39, 0.29) is 5.54 Å². The molecule has 0 spiro atoms. The van der Waals surface area contributed by atoms with E-state index < -0.39 is 0 Å². The van der Waals surface area contributed by atoms with Crippen molar-refractivity contribution in [3.63, 3.8) is 0 Å². The van der Waals surface area contributed by atoms with Crippen LogP contribution in [0.1, 0.15) is 62.6 Å². The van der Waals surface area contributed by atoms with Gasteiger partial charge < -0.3 is 5.73 Å². The fourth-order valence-corrected chi connectivity index (χ4v) is 4.13. The second kappa shape index (κ2) is 6.30. The molecule has 1 aromatic carbocycles. The molecular weight excluding hydrogens is 242 g/mol. The van der Waals surface area contributed by atoms with Gasteiger partial charge in [-0.1, -0.05) is 56.0 Å². The molecule has 1 saturated carbocycles. The molecule has 0 amide bonds. The Kier molecular flexibility index (Phi) is 4.90. The van der Waals surface area contributed by atoms with E-state index in [9.17, 15) is 0 Å². The number of hydrogen-bond donors (Lipinski definition) is 1. The SMILES string of the molecule is Cc1cc(C)cc(CC2(N)CCCC(CC(C)C)C2)c1. The van der Waals surface area contributed by atoms with E-state index in [0.717, 1.165) is 18.3 Å². The second-order valence-electron chi connectivity index (χ2n) is 7.63. The van der Waals surface area contributed by atoms with Gasteiger partial charge in [0, 0.05) is 5.54 Å². The van der Waals surface area contributed by atoms with E-state index in [1.54, 1.807) is 0 Å². The Morgan fingerprint density at radius 3 is 2.45 bits per heavy atom. The lowest BCUT2D eigenvalue weighted by Gasteiger charge is -2.39. The Morgan fingerprint density at radius 2 is 1.85 bits per heavy atom. The van der Waals surface area contributed by atoms with Crippen molar-refractivity contribution in [2.24, 2.45) is 17.6 Å². The van der Waals surface area contributed by atoms with Crippen LogP contribution in [0.2, 0.25) is 0 Å². The molecule has 1 aromatic rings. The molecule has 0 aliphatic heterocycles. The molecule has 1 aliphatic carbocycles. The monoisotopic (exact) mass is 273 g/mol. The highest BCUT2D eigenvalue weighted by atomic mass is 14.7. The van der Waals surface area contributed by atoms with E-state index in [4.69, 9.17) is 5.73 Å². The molecule has 112 valence electrons. The van der Waals surface area contributed by atoms with Crippen molar-refractivity contribution in [3.05, 3.63) is 34.9 Å². The Morgan fingerprint density at radius 1 is 1.20 bits per heavy atom. The van der Waals surface area contributed by atoms with Crippen LogP contribution in [-0.4, -0.2) is 5.54 Å². The summed E-state index contributed by atoms with van der Waals surface area (Å²) in [4.78, 5) is 0. The summed E-state index contributed by atoms with van der Waals surface area (Å²) >= 11 is 0. The third-order valence-corrected chi connectivity index (χ3v) is 4.62. The summed E-state index contributed by atoms with van der Waals surface area (Å²) in [5.41, 5.74) is 10.9. The Balaban J connectivity index is 2.06. The molecule has 2 unspecified atom stereocenters. The fraction of sp³-hybridized carbons (Fsp3) is 0.684. The molecular formula is C19H31N. The largest absolute Gasteiger partial charge is 0.325 e. The second-order valence-corrected chi connectivity index (χ2v) is 7.63. The van der Waals surface area contributed by atoms with E-state index in [0.29, 0.717) is 0 Å². The zero-order valence-electron chi connectivity index (χ0n) is 13.7. The standard InChI is InChI=1S/C19H31N/c1-14(2)8-17-6-5-7-19(20,12-17)13-18-10-15(3)9-16(4)11-18/h9-11,14,17H,5-8,12-13,20H2,1-4H3. The summed E-state index contributed by atoms with van der Waals surface area (Å²) in [5, 5.41) is 0. The molecule has 0 radical (unpaired) electrons. The maximum absolute atomic E-state index is 6.76. The van der Waals surface area contributed by atoms with Crippen LogP contribution in [0.4, 0.5) is 0 Å². The summed E-state index contributed by atoms with van der Waals surface area (Å²) in [6.07, 6.45) is 7.46. The first kappa shape index (κ1) is 15.6. The lowest BCUT2D eigenvalue weighted by Crippen LogP contribution is -2.46. The van der Waals surface area contributed by atoms with Crippen molar-refractivity contribution in [2.45, 2.75) is 71.8 Å². The highest BCUT2D eigenvalue weighted by Crippen LogP contribution is 2.36. The molecule has 1 fully saturated rings. The van der Waals surface area contributed by atoms with Gasteiger partial charge in [-0.3, -0.25) is 0 Å². The van der Waals surface area contributed by atoms with Crippen LogP contribution >= 0.6 is 0 Å². The van der Waals surface area contributed by atoms with Gasteiger partial charge in [-0.15, -0.1) is 0 Å². The van der Waals surface area contributed by atoms with Crippen molar-refractivity contribution in [1.82, 2.24) is 0 Å². The van der Waals surface area contributed by atoms with Gasteiger partial charge in [0.1, 0.15) is 0 Å². The topological polar surface area (TPSA) is 26.0 Å². The molecule has 0 heterocycles. The van der Waals surface area contributed by atoms with Crippen LogP contribution in [0, 0.1) is 25.7 Å². The number of hydrogen-bond acceptors (Lipinski definition) is 1. The average Bonchev–Trinajstić information content (AvgIpc) is 2.25. The minimum Gasteiger partial charge on any atom is -0.325 e. The molecule has 1 nitrogen and oxygen atoms in total. The van der Waals surface area contributed by atoms with Gasteiger partial charge in [0.25, 0.3) is 0 Å². The maximum atomic E-state index is 6.76. The van der Waals surface area contributed by atoms with Crippen LogP contribution in [0.5, 0.6) is 0 Å². The first-order valence-corrected chi connectivity index (χ1v) is 8.22. The van der Waals surface area contributed by atoms with E-state index in [2.05, 4.69) is 45.9 Å². The van der Waals surface area contributed by atoms with Crippen molar-refractivity contribution >= 4 is 0 Å². The molecule has 20 heavy (non-hydrogen) atoms. The normalized spacial score (nSPS) is 27.0. The molecule has 1 heteroatoms. The summed E-state index contributed by atoms with van der Waals surface area (Å²) in [6.45, 7) is 9.03. The highest BCUT2D eigenvalue weighted by molar-refractivity contribution is 5.30. The molecule has 2 rings (SSSR count). The van der Waals surface area contributed by atoms with Gasteiger partial charge in [0.05, 0.1) is 0 Å². The zero-order chi connectivity index (χ0) is 14.8. The summed E-state index contributed by atoms with van der Waals surface area (Å²) in [6, 6.07) is 6.87. The first-order valence-electron chi connectivity index (χ1n) is 8.22. The van der Waals surface area contributed by atoms with Gasteiger partial charge in [0.15, 0.2) is 0 Å². The van der Waals surface area contributed by atoms with Gasteiger partial charge in [-0.25, -0.2) is 0 Å². The number of rotatable bonds is 4. The fourth-order valence-electron chi connectivity index (χ4n) is 4.13. The van der Waals surface area contributed by atoms with Gasteiger partial charge in [0.2, 0.25) is 0 Å². The van der Waals surface area contributed by atoms with Crippen LogP contribution in [0.15, 0.2) is 18.2 Å². The first-order chi connectivity index (χ1) is 9.36. The van der Waals surface area contributed by atoms with Crippen molar-refractivity contribution in [1.29, 1.82) is 0 Å². The molecule has 0 aromatic heterocycles. The maximum Gasteiger partial charge on any atom is 0.0197 e. The quantitative estimate of drug-likeness (QED) is 0.839. The Labute approximate surface area is 125 Å². The van der Waals surface area contributed by atoms with Gasteiger partial charge >= 0.3 is 0 Å². The Hall–Kier alpha value is -0.820. The lowest BCUT2D eigenvalue weighted by molar-refractivity contribution is 0.200. The smallest absolute Gasteiger partial charge is 0.0197 e. The third kappa shape index (κ3) is 4.34. The van der Waals surface area contributed by atoms with Gasteiger partial charge in [-0.05, 0) is 56.9 Å². The molecule has 1 aliphatic rings. The van der Waals surface area contributed by atoms with Crippen LogP contribution in [0.3, 0.4) is 0 Å². The summed E-state index contributed by atoms with van der Waals surface area (Å²) < 4.78 is 0. The highest BCUT2D eigenvalue weighted by Gasteiger charge is 2.33. The number of aryl methyl sites for hydroxylation is 2. The Bertz CT molecular complexity index is 429. The molecule has 2 N–H and O–H groups in total. The van der Waals surface area contributed by atoms with Crippen molar-refractivity contribution in [2.75, 3.05) is 0 Å². The van der Waals surface area contributed by atoms with E-state index >= 15 is 0 Å². The van der Waals surface area contributed by atoms with E-state index in [1.807, 2.05) is 0 Å². The predicted molar refractivity (Wildman–Crippen MR) is 88.0 cm³/mol. The molecule has 0 saturated heterocycles. The molecule has 0 bridgehead atoms. The zero-order valence-corrected chi connectivity index (χ0v) is 13.7. The van der Waals surface area contributed by atoms with Crippen molar-refractivity contribution in [3.8, 4) is 0 Å². The van der Waals surface area contributed by atoms with Crippen molar-refractivity contribution < 1.29 is 0 Å². The average molecular weight is 273 g/mol. The van der Waals surface area contributed by atoms with Crippen LogP contribution in [0.25, 0.3) is 0 Å². The minimum atomic E-state index is 0.0258. The van der Waals surface area contributed by atoms with Gasteiger partial charge in [-0.2, -0.15) is 0 Å². The van der Waals surface area contributed by atoms with Crippen LogP contribution in [-0.2, 0) is 6.42 Å². The van der Waals surface area contributed by atoms with E-state index in [1.165, 1.54) is 48.8 Å². The number of nitrogens with two attached hydrogens (primary N) is 1. The third-order valence-electron chi connectivity index (χ3n) is 4.62. The summed E-state index contributed by atoms with van der Waals surface area (Å²) in [7, 11) is 0. The number of benzene rings is 1. The predicted octanol–water partition coefficient (Wildman–Crippen LogP) is 4.78. The summed E-state index contributed by atoms with van der Waals surface area (Å²) in [5.74, 6) is 1.63. The lowest BCUT2D eigenvalue weighted by atomic mass is 9.71.